The molecule has 0 saturated heterocycles. The van der Waals surface area contributed by atoms with Crippen molar-refractivity contribution < 1.29 is 26.3 Å². The molecule has 7 nitrogen and oxygen atoms in total. The standard InChI is InChI=1S/C22H17F3N4O3S2/c23-22(24,25)32-17-8-4-5-9-19(17)34(30,31)29-13-18-21(27-14-33-18)28-11-10-26-20(28)16(29)12-15-6-2-1-3-7-15/h1-11,14,16H,12-13H2. The molecular weight excluding hydrogens is 489 g/mol. The van der Waals surface area contributed by atoms with Gasteiger partial charge in [-0.2, -0.15) is 4.31 Å². The first-order chi connectivity index (χ1) is 16.2. The molecule has 0 N–H and O–H groups in total. The third kappa shape index (κ3) is 4.19. The number of imidazole rings is 1. The van der Waals surface area contributed by atoms with Gasteiger partial charge in [0.15, 0.2) is 5.82 Å². The molecule has 0 spiro atoms. The number of ether oxygens (including phenoxy) is 1. The summed E-state index contributed by atoms with van der Waals surface area (Å²) in [4.78, 5) is 8.87. The molecule has 1 aliphatic rings. The van der Waals surface area contributed by atoms with Gasteiger partial charge in [0.05, 0.1) is 23.0 Å². The molecule has 0 saturated carbocycles. The maximum atomic E-state index is 13.9. The lowest BCUT2D eigenvalue weighted by molar-refractivity contribution is -0.275. The van der Waals surface area contributed by atoms with E-state index in [2.05, 4.69) is 14.7 Å². The van der Waals surface area contributed by atoms with Gasteiger partial charge in [0.2, 0.25) is 10.0 Å². The third-order valence-corrected chi connectivity index (χ3v) is 8.10. The van der Waals surface area contributed by atoms with Gasteiger partial charge in [0.25, 0.3) is 0 Å². The van der Waals surface area contributed by atoms with Gasteiger partial charge in [-0.3, -0.25) is 4.57 Å². The Morgan fingerprint density at radius 2 is 1.79 bits per heavy atom. The number of fused-ring (bicyclic) bond motifs is 3. The minimum atomic E-state index is -5.05. The molecule has 2 aromatic carbocycles. The number of nitrogens with zero attached hydrogens (tertiary/aromatic N) is 4. The van der Waals surface area contributed by atoms with Gasteiger partial charge < -0.3 is 4.74 Å². The molecule has 12 heteroatoms. The van der Waals surface area contributed by atoms with E-state index in [4.69, 9.17) is 0 Å². The zero-order chi connectivity index (χ0) is 23.9. The summed E-state index contributed by atoms with van der Waals surface area (Å²) in [6, 6.07) is 13.2. The Hall–Kier alpha value is -3.22. The van der Waals surface area contributed by atoms with E-state index in [0.717, 1.165) is 17.7 Å². The van der Waals surface area contributed by atoms with E-state index in [9.17, 15) is 21.6 Å². The van der Waals surface area contributed by atoms with Crippen molar-refractivity contribution in [1.29, 1.82) is 0 Å². The second-order valence-electron chi connectivity index (χ2n) is 7.50. The largest absolute Gasteiger partial charge is 0.573 e. The summed E-state index contributed by atoms with van der Waals surface area (Å²) in [5, 5.41) is 0. The molecule has 0 fully saturated rings. The number of thiazole rings is 1. The fourth-order valence-electron chi connectivity index (χ4n) is 3.97. The van der Waals surface area contributed by atoms with E-state index >= 15 is 0 Å². The van der Waals surface area contributed by atoms with Crippen LogP contribution in [0.15, 0.2) is 77.4 Å². The van der Waals surface area contributed by atoms with Crippen molar-refractivity contribution in [2.75, 3.05) is 0 Å². The van der Waals surface area contributed by atoms with Crippen molar-refractivity contribution in [3.63, 3.8) is 0 Å². The summed E-state index contributed by atoms with van der Waals surface area (Å²) in [6.07, 6.45) is -1.54. The molecular formula is C22H17F3N4O3S2. The van der Waals surface area contributed by atoms with Crippen molar-refractivity contribution in [3.05, 3.63) is 88.8 Å². The highest BCUT2D eigenvalue weighted by Gasteiger charge is 2.41. The summed E-state index contributed by atoms with van der Waals surface area (Å²) >= 11 is 1.27. The number of para-hydroxylation sites is 1. The molecule has 0 bridgehead atoms. The minimum Gasteiger partial charge on any atom is -0.404 e. The van der Waals surface area contributed by atoms with Gasteiger partial charge in [-0.1, -0.05) is 42.5 Å². The van der Waals surface area contributed by atoms with Crippen molar-refractivity contribution in [3.8, 4) is 11.6 Å². The Bertz CT molecular complexity index is 1420. The van der Waals surface area contributed by atoms with Crippen LogP contribution < -0.4 is 4.74 Å². The fraction of sp³-hybridized carbons (Fsp3) is 0.182. The Labute approximate surface area is 197 Å². The van der Waals surface area contributed by atoms with Crippen LogP contribution in [0, 0.1) is 0 Å². The second kappa shape index (κ2) is 8.53. The van der Waals surface area contributed by atoms with Gasteiger partial charge >= 0.3 is 6.36 Å². The van der Waals surface area contributed by atoms with Gasteiger partial charge in [0.1, 0.15) is 16.5 Å². The lowest BCUT2D eigenvalue weighted by Gasteiger charge is -2.29. The SMILES string of the molecule is O=S(=O)(c1ccccc1OC(F)(F)F)N1Cc2scnc2-n2ccnc2C1Cc1ccccc1. The molecule has 1 atom stereocenters. The van der Waals surface area contributed by atoms with E-state index in [1.54, 1.807) is 22.5 Å². The lowest BCUT2D eigenvalue weighted by atomic mass is 10.1. The Balaban J connectivity index is 1.67. The van der Waals surface area contributed by atoms with Crippen LogP contribution in [0.4, 0.5) is 13.2 Å². The maximum absolute atomic E-state index is 13.9. The van der Waals surface area contributed by atoms with E-state index in [1.165, 1.54) is 27.8 Å². The van der Waals surface area contributed by atoms with Crippen LogP contribution in [0.3, 0.4) is 0 Å². The molecule has 0 amide bonds. The van der Waals surface area contributed by atoms with Crippen LogP contribution >= 0.6 is 11.3 Å². The van der Waals surface area contributed by atoms with Crippen LogP contribution in [-0.2, 0) is 23.0 Å². The van der Waals surface area contributed by atoms with Crippen LogP contribution in [0.2, 0.25) is 0 Å². The Morgan fingerprint density at radius 1 is 1.06 bits per heavy atom. The maximum Gasteiger partial charge on any atom is 0.573 e. The van der Waals surface area contributed by atoms with E-state index in [-0.39, 0.29) is 13.0 Å². The smallest absolute Gasteiger partial charge is 0.404 e. The summed E-state index contributed by atoms with van der Waals surface area (Å²) in [5.41, 5.74) is 2.44. The summed E-state index contributed by atoms with van der Waals surface area (Å²) in [7, 11) is -4.46. The highest BCUT2D eigenvalue weighted by molar-refractivity contribution is 7.89. The van der Waals surface area contributed by atoms with Crippen LogP contribution in [0.1, 0.15) is 22.3 Å². The predicted molar refractivity (Wildman–Crippen MR) is 118 cm³/mol. The van der Waals surface area contributed by atoms with Crippen molar-refractivity contribution in [2.45, 2.75) is 30.3 Å². The number of benzene rings is 2. The summed E-state index contributed by atoms with van der Waals surface area (Å²) in [6.45, 7) is -0.0798. The molecule has 1 aliphatic heterocycles. The average Bonchev–Trinajstić information content (AvgIpc) is 3.43. The van der Waals surface area contributed by atoms with Crippen molar-refractivity contribution in [1.82, 2.24) is 18.8 Å². The summed E-state index contributed by atoms with van der Waals surface area (Å²) in [5.74, 6) is 0.185. The number of halogens is 3. The predicted octanol–water partition coefficient (Wildman–Crippen LogP) is 4.72. The molecule has 34 heavy (non-hydrogen) atoms. The number of alkyl halides is 3. The highest BCUT2D eigenvalue weighted by Crippen LogP contribution is 2.40. The molecule has 1 unspecified atom stereocenters. The molecule has 5 rings (SSSR count). The quantitative estimate of drug-likeness (QED) is 0.392. The number of rotatable bonds is 5. The number of aromatic nitrogens is 3. The first-order valence-corrected chi connectivity index (χ1v) is 12.4. The van der Waals surface area contributed by atoms with Gasteiger partial charge in [-0.25, -0.2) is 18.4 Å². The number of sulfonamides is 1. The number of hydrogen-bond donors (Lipinski definition) is 0. The van der Waals surface area contributed by atoms with Crippen molar-refractivity contribution >= 4 is 21.4 Å². The highest BCUT2D eigenvalue weighted by atomic mass is 32.2. The van der Waals surface area contributed by atoms with Crippen LogP contribution in [-0.4, -0.2) is 33.6 Å². The normalized spacial score (nSPS) is 16.5. The third-order valence-electron chi connectivity index (χ3n) is 5.40. The molecule has 3 heterocycles. The second-order valence-corrected chi connectivity index (χ2v) is 10.3. The van der Waals surface area contributed by atoms with Gasteiger partial charge in [-0.05, 0) is 24.1 Å². The minimum absolute atomic E-state index is 0.0798. The topological polar surface area (TPSA) is 77.3 Å². The van der Waals surface area contributed by atoms with Gasteiger partial charge in [-0.15, -0.1) is 24.5 Å². The van der Waals surface area contributed by atoms with Crippen LogP contribution in [0.5, 0.6) is 5.75 Å². The molecule has 0 radical (unpaired) electrons. The Morgan fingerprint density at radius 3 is 2.56 bits per heavy atom. The van der Waals surface area contributed by atoms with Gasteiger partial charge in [0, 0.05) is 12.4 Å². The first kappa shape index (κ1) is 22.6. The monoisotopic (exact) mass is 506 g/mol. The first-order valence-electron chi connectivity index (χ1n) is 10.1. The summed E-state index contributed by atoms with van der Waals surface area (Å²) < 4.78 is 74.0. The van der Waals surface area contributed by atoms with E-state index < -0.39 is 33.1 Å². The zero-order valence-electron chi connectivity index (χ0n) is 17.4. The fourth-order valence-corrected chi connectivity index (χ4v) is 6.47. The number of hydrogen-bond acceptors (Lipinski definition) is 6. The molecule has 4 aromatic rings. The molecule has 2 aromatic heterocycles. The Kier molecular flexibility index (Phi) is 5.66. The molecule has 176 valence electrons. The van der Waals surface area contributed by atoms with E-state index in [1.807, 2.05) is 30.3 Å². The zero-order valence-corrected chi connectivity index (χ0v) is 19.0. The van der Waals surface area contributed by atoms with Crippen molar-refractivity contribution in [2.24, 2.45) is 0 Å². The molecule has 0 aliphatic carbocycles. The van der Waals surface area contributed by atoms with E-state index in [0.29, 0.717) is 16.5 Å². The van der Waals surface area contributed by atoms with Crippen LogP contribution in [0.25, 0.3) is 5.82 Å². The average molecular weight is 507 g/mol. The lowest BCUT2D eigenvalue weighted by Crippen LogP contribution is -2.36.